The molecule has 2 aromatic heterocycles. The number of aryl methyl sites for hydroxylation is 1. The summed E-state index contributed by atoms with van der Waals surface area (Å²) in [5.41, 5.74) is 0.494. The van der Waals surface area contributed by atoms with E-state index in [0.717, 1.165) is 0 Å². The summed E-state index contributed by atoms with van der Waals surface area (Å²) >= 11 is 5.66. The Balaban J connectivity index is 2.83. The van der Waals surface area contributed by atoms with Gasteiger partial charge in [-0.2, -0.15) is 0 Å². The number of carboxylic acid groups (broad SMARTS) is 1. The van der Waals surface area contributed by atoms with Gasteiger partial charge < -0.3 is 9.84 Å². The number of rotatable bonds is 3. The molecule has 0 radical (unpaired) electrons. The molecule has 0 aliphatic heterocycles. The molecular formula is C13H10ClFN2O3. The number of ether oxygens (including phenoxy) is 1. The van der Waals surface area contributed by atoms with E-state index in [0.29, 0.717) is 5.69 Å². The maximum atomic E-state index is 14.2. The van der Waals surface area contributed by atoms with Crippen molar-refractivity contribution in [2.45, 2.75) is 6.92 Å². The van der Waals surface area contributed by atoms with Crippen molar-refractivity contribution in [1.82, 2.24) is 9.97 Å². The van der Waals surface area contributed by atoms with Crippen molar-refractivity contribution < 1.29 is 19.0 Å². The number of pyridine rings is 2. The minimum atomic E-state index is -1.22. The summed E-state index contributed by atoms with van der Waals surface area (Å²) in [6.45, 7) is 1.67. The third kappa shape index (κ3) is 2.42. The average molecular weight is 297 g/mol. The molecule has 20 heavy (non-hydrogen) atoms. The van der Waals surface area contributed by atoms with E-state index in [-0.39, 0.29) is 27.6 Å². The first-order valence-corrected chi connectivity index (χ1v) is 5.91. The van der Waals surface area contributed by atoms with Gasteiger partial charge in [0.15, 0.2) is 11.0 Å². The summed E-state index contributed by atoms with van der Waals surface area (Å²) in [6, 6.07) is 1.46. The van der Waals surface area contributed by atoms with Crippen LogP contribution in [0, 0.1) is 12.7 Å². The van der Waals surface area contributed by atoms with Crippen LogP contribution in [-0.2, 0) is 0 Å². The van der Waals surface area contributed by atoms with E-state index in [2.05, 4.69) is 9.97 Å². The maximum Gasteiger partial charge on any atom is 0.337 e. The SMILES string of the molecule is COc1cnc(Cl)c(F)c1-c1cc(C)ncc1C(=O)O. The van der Waals surface area contributed by atoms with E-state index in [1.165, 1.54) is 25.6 Å². The standard InChI is InChI=1S/C13H10ClFN2O3/c1-6-3-7(8(4-16-6)13(18)19)10-9(20-2)5-17-12(14)11(10)15/h3-5H,1-2H3,(H,18,19). The highest BCUT2D eigenvalue weighted by molar-refractivity contribution is 6.30. The molecule has 7 heteroatoms. The number of halogens is 2. The number of carboxylic acids is 1. The van der Waals surface area contributed by atoms with Gasteiger partial charge in [-0.05, 0) is 13.0 Å². The Labute approximate surface area is 119 Å². The normalized spacial score (nSPS) is 10.4. The molecule has 1 N–H and O–H groups in total. The van der Waals surface area contributed by atoms with Crippen molar-refractivity contribution in [2.75, 3.05) is 7.11 Å². The van der Waals surface area contributed by atoms with E-state index in [9.17, 15) is 14.3 Å². The molecule has 0 bridgehead atoms. The molecule has 0 saturated heterocycles. The second-order valence-corrected chi connectivity index (χ2v) is 4.34. The van der Waals surface area contributed by atoms with Gasteiger partial charge in [0.2, 0.25) is 0 Å². The number of aromatic nitrogens is 2. The Morgan fingerprint density at radius 3 is 2.70 bits per heavy atom. The minimum Gasteiger partial charge on any atom is -0.494 e. The van der Waals surface area contributed by atoms with Gasteiger partial charge in [0.05, 0.1) is 24.4 Å². The van der Waals surface area contributed by atoms with Crippen molar-refractivity contribution in [2.24, 2.45) is 0 Å². The number of carbonyl (C=O) groups is 1. The van der Waals surface area contributed by atoms with Gasteiger partial charge in [-0.25, -0.2) is 14.2 Å². The van der Waals surface area contributed by atoms with E-state index < -0.39 is 11.8 Å². The predicted molar refractivity (Wildman–Crippen MR) is 70.7 cm³/mol. The van der Waals surface area contributed by atoms with E-state index >= 15 is 0 Å². The smallest absolute Gasteiger partial charge is 0.337 e. The highest BCUT2D eigenvalue weighted by Gasteiger charge is 2.22. The van der Waals surface area contributed by atoms with E-state index in [1.54, 1.807) is 6.92 Å². The van der Waals surface area contributed by atoms with E-state index in [4.69, 9.17) is 16.3 Å². The summed E-state index contributed by atoms with van der Waals surface area (Å²) in [7, 11) is 1.34. The van der Waals surface area contributed by atoms with Crippen LogP contribution in [0.5, 0.6) is 5.75 Å². The highest BCUT2D eigenvalue weighted by atomic mass is 35.5. The lowest BCUT2D eigenvalue weighted by Crippen LogP contribution is -2.04. The molecule has 2 heterocycles. The topological polar surface area (TPSA) is 72.3 Å². The first-order valence-electron chi connectivity index (χ1n) is 5.54. The molecule has 0 aliphatic rings. The largest absolute Gasteiger partial charge is 0.494 e. The zero-order valence-corrected chi connectivity index (χ0v) is 11.4. The third-order valence-electron chi connectivity index (χ3n) is 2.70. The van der Waals surface area contributed by atoms with Gasteiger partial charge in [0, 0.05) is 17.5 Å². The van der Waals surface area contributed by atoms with E-state index in [1.807, 2.05) is 0 Å². The van der Waals surface area contributed by atoms with Crippen LogP contribution in [0.4, 0.5) is 4.39 Å². The lowest BCUT2D eigenvalue weighted by molar-refractivity contribution is 0.0697. The van der Waals surface area contributed by atoms with Crippen LogP contribution in [0.25, 0.3) is 11.1 Å². The molecule has 5 nitrogen and oxygen atoms in total. The predicted octanol–water partition coefficient (Wildman–Crippen LogP) is 2.95. The number of hydrogen-bond acceptors (Lipinski definition) is 4. The van der Waals surface area contributed by atoms with Crippen molar-refractivity contribution in [3.05, 3.63) is 40.7 Å². The molecule has 0 spiro atoms. The molecule has 0 aromatic carbocycles. The zero-order chi connectivity index (χ0) is 14.9. The second-order valence-electron chi connectivity index (χ2n) is 3.98. The Morgan fingerprint density at radius 2 is 2.10 bits per heavy atom. The van der Waals surface area contributed by atoms with Gasteiger partial charge in [-0.15, -0.1) is 0 Å². The summed E-state index contributed by atoms with van der Waals surface area (Å²) < 4.78 is 19.3. The van der Waals surface area contributed by atoms with Gasteiger partial charge in [0.25, 0.3) is 0 Å². The number of methoxy groups -OCH3 is 1. The highest BCUT2D eigenvalue weighted by Crippen LogP contribution is 2.36. The molecular weight excluding hydrogens is 287 g/mol. The Bertz CT molecular complexity index is 692. The fourth-order valence-corrected chi connectivity index (χ4v) is 1.93. The van der Waals surface area contributed by atoms with Gasteiger partial charge in [-0.1, -0.05) is 11.6 Å². The van der Waals surface area contributed by atoms with Crippen LogP contribution in [0.15, 0.2) is 18.5 Å². The van der Waals surface area contributed by atoms with Crippen LogP contribution in [-0.4, -0.2) is 28.2 Å². The molecule has 0 fully saturated rings. The summed E-state index contributed by atoms with van der Waals surface area (Å²) in [6.07, 6.45) is 2.41. The molecule has 2 aromatic rings. The number of nitrogens with zero attached hydrogens (tertiary/aromatic N) is 2. The Kier molecular flexibility index (Phi) is 3.85. The lowest BCUT2D eigenvalue weighted by Gasteiger charge is -2.12. The van der Waals surface area contributed by atoms with Crippen molar-refractivity contribution >= 4 is 17.6 Å². The lowest BCUT2D eigenvalue weighted by atomic mass is 10.0. The second kappa shape index (κ2) is 5.42. The fourth-order valence-electron chi connectivity index (χ4n) is 1.79. The monoisotopic (exact) mass is 296 g/mol. The van der Waals surface area contributed by atoms with Gasteiger partial charge in [-0.3, -0.25) is 4.98 Å². The molecule has 0 atom stereocenters. The fraction of sp³-hybridized carbons (Fsp3) is 0.154. The zero-order valence-electron chi connectivity index (χ0n) is 10.6. The summed E-state index contributed by atoms with van der Waals surface area (Å²) in [5.74, 6) is -1.96. The molecule has 2 rings (SSSR count). The summed E-state index contributed by atoms with van der Waals surface area (Å²) in [5, 5.41) is 8.83. The van der Waals surface area contributed by atoms with Crippen molar-refractivity contribution in [1.29, 1.82) is 0 Å². The van der Waals surface area contributed by atoms with Crippen LogP contribution in [0.1, 0.15) is 16.1 Å². The quantitative estimate of drug-likeness (QED) is 0.882. The minimum absolute atomic E-state index is 0.0459. The third-order valence-corrected chi connectivity index (χ3v) is 2.97. The maximum absolute atomic E-state index is 14.2. The first kappa shape index (κ1) is 14.2. The number of aromatic carboxylic acids is 1. The van der Waals surface area contributed by atoms with Gasteiger partial charge in [0.1, 0.15) is 5.75 Å². The van der Waals surface area contributed by atoms with Crippen LogP contribution in [0.3, 0.4) is 0 Å². The molecule has 0 amide bonds. The molecule has 0 saturated carbocycles. The Hall–Kier alpha value is -2.21. The molecule has 0 unspecified atom stereocenters. The average Bonchev–Trinajstić information content (AvgIpc) is 2.41. The van der Waals surface area contributed by atoms with Crippen LogP contribution in [0.2, 0.25) is 5.15 Å². The van der Waals surface area contributed by atoms with Crippen molar-refractivity contribution in [3.8, 4) is 16.9 Å². The van der Waals surface area contributed by atoms with Crippen molar-refractivity contribution in [3.63, 3.8) is 0 Å². The van der Waals surface area contributed by atoms with Gasteiger partial charge >= 0.3 is 5.97 Å². The van der Waals surface area contributed by atoms with Crippen LogP contribution >= 0.6 is 11.6 Å². The first-order chi connectivity index (χ1) is 9.45. The van der Waals surface area contributed by atoms with Crippen LogP contribution < -0.4 is 4.74 Å². The molecule has 104 valence electrons. The summed E-state index contributed by atoms with van der Waals surface area (Å²) in [4.78, 5) is 18.8. The Morgan fingerprint density at radius 1 is 1.40 bits per heavy atom. The molecule has 0 aliphatic carbocycles. The number of hydrogen-bond donors (Lipinski definition) is 1.